The summed E-state index contributed by atoms with van der Waals surface area (Å²) < 4.78 is 7.16. The van der Waals surface area contributed by atoms with Crippen LogP contribution in [0.1, 0.15) is 11.4 Å². The van der Waals surface area contributed by atoms with Crippen LogP contribution in [0, 0.1) is 13.8 Å². The van der Waals surface area contributed by atoms with Crippen molar-refractivity contribution in [3.63, 3.8) is 0 Å². The van der Waals surface area contributed by atoms with E-state index in [4.69, 9.17) is 9.84 Å². The van der Waals surface area contributed by atoms with Gasteiger partial charge in [0.15, 0.2) is 5.16 Å². The standard InChI is InChI=1S/C13H15N3O3S/c1-8-4-5-11(19-3)10(6-8)16-9(2)14-15-13(16)20-7-12(17)18/h4-6H,7H2,1-3H3,(H,17,18). The zero-order valence-electron chi connectivity index (χ0n) is 11.5. The van der Waals surface area contributed by atoms with Gasteiger partial charge in [0.1, 0.15) is 11.6 Å². The average Bonchev–Trinajstić information content (AvgIpc) is 2.77. The lowest BCUT2D eigenvalue weighted by Gasteiger charge is -2.13. The van der Waals surface area contributed by atoms with Crippen LogP contribution in [0.3, 0.4) is 0 Å². The predicted molar refractivity (Wildman–Crippen MR) is 75.7 cm³/mol. The van der Waals surface area contributed by atoms with E-state index in [2.05, 4.69) is 10.2 Å². The van der Waals surface area contributed by atoms with Gasteiger partial charge in [0.05, 0.1) is 18.6 Å². The molecule has 0 aliphatic heterocycles. The maximum absolute atomic E-state index is 10.7. The summed E-state index contributed by atoms with van der Waals surface area (Å²) in [5, 5.41) is 17.4. The third kappa shape index (κ3) is 2.93. The number of aryl methyl sites for hydroxylation is 2. The van der Waals surface area contributed by atoms with Gasteiger partial charge in [0.2, 0.25) is 0 Å². The Labute approximate surface area is 120 Å². The van der Waals surface area contributed by atoms with Crippen molar-refractivity contribution in [1.82, 2.24) is 14.8 Å². The molecule has 106 valence electrons. The van der Waals surface area contributed by atoms with Gasteiger partial charge in [0.25, 0.3) is 0 Å². The maximum atomic E-state index is 10.7. The van der Waals surface area contributed by atoms with Crippen LogP contribution in [0.25, 0.3) is 5.69 Å². The highest BCUT2D eigenvalue weighted by Crippen LogP contribution is 2.29. The third-order valence-corrected chi connectivity index (χ3v) is 3.61. The molecule has 1 N–H and O–H groups in total. The summed E-state index contributed by atoms with van der Waals surface area (Å²) in [6.45, 7) is 3.80. The smallest absolute Gasteiger partial charge is 0.313 e. The van der Waals surface area contributed by atoms with Crippen molar-refractivity contribution in [2.24, 2.45) is 0 Å². The van der Waals surface area contributed by atoms with Crippen LogP contribution in [-0.2, 0) is 4.79 Å². The first kappa shape index (κ1) is 14.4. The van der Waals surface area contributed by atoms with Gasteiger partial charge in [0, 0.05) is 0 Å². The lowest BCUT2D eigenvalue weighted by atomic mass is 10.2. The molecule has 0 spiro atoms. The Bertz CT molecular complexity index is 640. The van der Waals surface area contributed by atoms with Crippen molar-refractivity contribution in [3.8, 4) is 11.4 Å². The number of benzene rings is 1. The SMILES string of the molecule is COc1ccc(C)cc1-n1c(C)nnc1SCC(=O)O. The van der Waals surface area contributed by atoms with E-state index in [9.17, 15) is 4.79 Å². The quantitative estimate of drug-likeness (QED) is 0.850. The average molecular weight is 293 g/mol. The summed E-state index contributed by atoms with van der Waals surface area (Å²) in [6, 6.07) is 5.78. The Hall–Kier alpha value is -2.02. The minimum absolute atomic E-state index is 0.0632. The van der Waals surface area contributed by atoms with Crippen LogP contribution >= 0.6 is 11.8 Å². The highest BCUT2D eigenvalue weighted by atomic mass is 32.2. The van der Waals surface area contributed by atoms with Crippen molar-refractivity contribution in [3.05, 3.63) is 29.6 Å². The zero-order valence-corrected chi connectivity index (χ0v) is 12.3. The molecule has 7 heteroatoms. The number of carboxylic acid groups (broad SMARTS) is 1. The van der Waals surface area contributed by atoms with Crippen LogP contribution < -0.4 is 4.74 Å². The lowest BCUT2D eigenvalue weighted by molar-refractivity contribution is -0.133. The van der Waals surface area contributed by atoms with Crippen LogP contribution in [0.15, 0.2) is 23.4 Å². The molecule has 1 aromatic heterocycles. The van der Waals surface area contributed by atoms with Crippen molar-refractivity contribution in [2.75, 3.05) is 12.9 Å². The summed E-state index contributed by atoms with van der Waals surface area (Å²) in [5.74, 6) is 0.419. The number of nitrogens with zero attached hydrogens (tertiary/aromatic N) is 3. The molecule has 20 heavy (non-hydrogen) atoms. The fourth-order valence-corrected chi connectivity index (χ4v) is 2.53. The second kappa shape index (κ2) is 5.96. The summed E-state index contributed by atoms with van der Waals surface area (Å²) in [6.07, 6.45) is 0. The topological polar surface area (TPSA) is 77.2 Å². The van der Waals surface area contributed by atoms with E-state index in [-0.39, 0.29) is 5.75 Å². The molecule has 2 aromatic rings. The molecular formula is C13H15N3O3S. The Morgan fingerprint density at radius 3 is 2.80 bits per heavy atom. The van der Waals surface area contributed by atoms with E-state index in [1.54, 1.807) is 11.7 Å². The van der Waals surface area contributed by atoms with Gasteiger partial charge in [-0.15, -0.1) is 10.2 Å². The Morgan fingerprint density at radius 1 is 1.40 bits per heavy atom. The van der Waals surface area contributed by atoms with Gasteiger partial charge in [-0.3, -0.25) is 9.36 Å². The van der Waals surface area contributed by atoms with Gasteiger partial charge in [-0.2, -0.15) is 0 Å². The molecule has 1 aromatic carbocycles. The van der Waals surface area contributed by atoms with Gasteiger partial charge >= 0.3 is 5.97 Å². The minimum Gasteiger partial charge on any atom is -0.495 e. The monoisotopic (exact) mass is 293 g/mol. The summed E-state index contributed by atoms with van der Waals surface area (Å²) in [7, 11) is 1.60. The summed E-state index contributed by atoms with van der Waals surface area (Å²) in [4.78, 5) is 10.7. The highest BCUT2D eigenvalue weighted by molar-refractivity contribution is 7.99. The Kier molecular flexibility index (Phi) is 4.29. The summed E-state index contributed by atoms with van der Waals surface area (Å²) >= 11 is 1.13. The number of hydrogen-bond donors (Lipinski definition) is 1. The second-order valence-electron chi connectivity index (χ2n) is 4.22. The lowest BCUT2D eigenvalue weighted by Crippen LogP contribution is -2.05. The Balaban J connectivity index is 2.49. The summed E-state index contributed by atoms with van der Waals surface area (Å²) in [5.41, 5.74) is 1.88. The fourth-order valence-electron chi connectivity index (χ4n) is 1.81. The number of carbonyl (C=O) groups is 1. The molecule has 2 rings (SSSR count). The first-order chi connectivity index (χ1) is 9.52. The van der Waals surface area contributed by atoms with E-state index in [1.807, 2.05) is 32.0 Å². The maximum Gasteiger partial charge on any atom is 0.313 e. The number of thioether (sulfide) groups is 1. The van der Waals surface area contributed by atoms with E-state index in [1.165, 1.54) is 0 Å². The normalized spacial score (nSPS) is 10.6. The van der Waals surface area contributed by atoms with Crippen LogP contribution in [0.2, 0.25) is 0 Å². The Morgan fingerprint density at radius 2 is 2.15 bits per heavy atom. The van der Waals surface area contributed by atoms with Crippen molar-refractivity contribution in [2.45, 2.75) is 19.0 Å². The van der Waals surface area contributed by atoms with Gasteiger partial charge in [-0.05, 0) is 31.5 Å². The molecule has 1 heterocycles. The van der Waals surface area contributed by atoms with E-state index < -0.39 is 5.97 Å². The van der Waals surface area contributed by atoms with Crippen LogP contribution in [0.4, 0.5) is 0 Å². The van der Waals surface area contributed by atoms with Crippen LogP contribution in [-0.4, -0.2) is 38.7 Å². The molecular weight excluding hydrogens is 278 g/mol. The fraction of sp³-hybridized carbons (Fsp3) is 0.308. The zero-order chi connectivity index (χ0) is 14.7. The van der Waals surface area contributed by atoms with E-state index in [0.29, 0.717) is 16.7 Å². The van der Waals surface area contributed by atoms with Crippen molar-refractivity contribution >= 4 is 17.7 Å². The molecule has 0 unspecified atom stereocenters. The molecule has 0 radical (unpaired) electrons. The minimum atomic E-state index is -0.890. The molecule has 0 aliphatic rings. The number of hydrogen-bond acceptors (Lipinski definition) is 5. The predicted octanol–water partition coefficient (Wildman–Crippen LogP) is 2.07. The largest absolute Gasteiger partial charge is 0.495 e. The molecule has 0 saturated heterocycles. The van der Waals surface area contributed by atoms with Gasteiger partial charge < -0.3 is 9.84 Å². The number of ether oxygens (including phenoxy) is 1. The van der Waals surface area contributed by atoms with Gasteiger partial charge in [-0.25, -0.2) is 0 Å². The van der Waals surface area contributed by atoms with Gasteiger partial charge in [-0.1, -0.05) is 17.8 Å². The van der Waals surface area contributed by atoms with E-state index >= 15 is 0 Å². The molecule has 0 saturated carbocycles. The van der Waals surface area contributed by atoms with Crippen LogP contribution in [0.5, 0.6) is 5.75 Å². The number of carboxylic acids is 1. The molecule has 0 bridgehead atoms. The number of aromatic nitrogens is 3. The highest BCUT2D eigenvalue weighted by Gasteiger charge is 2.16. The second-order valence-corrected chi connectivity index (χ2v) is 5.17. The third-order valence-electron chi connectivity index (χ3n) is 2.70. The molecule has 0 aliphatic carbocycles. The van der Waals surface area contributed by atoms with Crippen molar-refractivity contribution in [1.29, 1.82) is 0 Å². The number of methoxy groups -OCH3 is 1. The van der Waals surface area contributed by atoms with E-state index in [0.717, 1.165) is 23.0 Å². The first-order valence-electron chi connectivity index (χ1n) is 5.94. The molecule has 6 nitrogen and oxygen atoms in total. The van der Waals surface area contributed by atoms with Crippen molar-refractivity contribution < 1.29 is 14.6 Å². The molecule has 0 fully saturated rings. The number of aliphatic carboxylic acids is 1. The first-order valence-corrected chi connectivity index (χ1v) is 6.93. The molecule has 0 amide bonds. The number of rotatable bonds is 5. The molecule has 0 atom stereocenters.